The zero-order chi connectivity index (χ0) is 15.5. The number of benzene rings is 2. The fourth-order valence-corrected chi connectivity index (χ4v) is 2.14. The number of fused-ring (bicyclic) bond motifs is 1. The third-order valence-corrected chi connectivity index (χ3v) is 3.19. The van der Waals surface area contributed by atoms with Crippen LogP contribution in [0.1, 0.15) is 0 Å². The second-order valence-corrected chi connectivity index (χ2v) is 4.51. The van der Waals surface area contributed by atoms with Crippen molar-refractivity contribution < 1.29 is 9.66 Å². The Bertz CT molecular complexity index is 852. The second kappa shape index (κ2) is 6.89. The highest BCUT2D eigenvalue weighted by molar-refractivity contribution is 5.91. The summed E-state index contributed by atoms with van der Waals surface area (Å²) in [5.74, 6) is 1.05. The van der Waals surface area contributed by atoms with Gasteiger partial charge in [-0.1, -0.05) is 12.1 Å². The Morgan fingerprint density at radius 2 is 1.96 bits per heavy atom. The van der Waals surface area contributed by atoms with Crippen LogP contribution in [0.2, 0.25) is 0 Å². The van der Waals surface area contributed by atoms with Crippen LogP contribution < -0.4 is 10.1 Å². The minimum Gasteiger partial charge on any atom is -0.495 e. The number of anilines is 2. The standard InChI is InChI=1S/C15H12N4O3.ClH/c1-22-14-7-6-10(19(20)21)8-13(14)18-15-11-4-2-3-5-12(11)16-9-17-15;/h2-9H,1H3,(H,16,17,18);1H. The Kier molecular flexibility index (Phi) is 4.92. The molecule has 23 heavy (non-hydrogen) atoms. The van der Waals surface area contributed by atoms with Gasteiger partial charge in [-0.05, 0) is 18.2 Å². The monoisotopic (exact) mass is 332 g/mol. The van der Waals surface area contributed by atoms with Crippen molar-refractivity contribution in [3.05, 3.63) is 58.9 Å². The average Bonchev–Trinajstić information content (AvgIpc) is 2.55. The highest BCUT2D eigenvalue weighted by Gasteiger charge is 2.13. The van der Waals surface area contributed by atoms with Crippen molar-refractivity contribution >= 4 is 40.5 Å². The van der Waals surface area contributed by atoms with Crippen molar-refractivity contribution in [2.75, 3.05) is 12.4 Å². The number of halogens is 1. The maximum absolute atomic E-state index is 10.9. The maximum atomic E-state index is 10.9. The first kappa shape index (κ1) is 16.4. The fourth-order valence-electron chi connectivity index (χ4n) is 2.14. The number of para-hydroxylation sites is 1. The number of nitrogens with zero attached hydrogens (tertiary/aromatic N) is 3. The lowest BCUT2D eigenvalue weighted by Crippen LogP contribution is -1.99. The Balaban J connectivity index is 0.00000192. The van der Waals surface area contributed by atoms with E-state index in [0.29, 0.717) is 17.3 Å². The van der Waals surface area contributed by atoms with Crippen molar-refractivity contribution in [2.24, 2.45) is 0 Å². The first-order chi connectivity index (χ1) is 10.7. The molecule has 0 fully saturated rings. The number of methoxy groups -OCH3 is 1. The Morgan fingerprint density at radius 3 is 2.70 bits per heavy atom. The first-order valence-corrected chi connectivity index (χ1v) is 6.48. The molecule has 0 unspecified atom stereocenters. The molecule has 0 saturated carbocycles. The van der Waals surface area contributed by atoms with E-state index >= 15 is 0 Å². The number of aromatic nitrogens is 2. The molecule has 0 aliphatic carbocycles. The van der Waals surface area contributed by atoms with E-state index in [1.54, 1.807) is 6.07 Å². The van der Waals surface area contributed by atoms with Crippen molar-refractivity contribution in [3.8, 4) is 5.75 Å². The van der Waals surface area contributed by atoms with E-state index in [1.807, 2.05) is 24.3 Å². The zero-order valence-corrected chi connectivity index (χ0v) is 12.9. The lowest BCUT2D eigenvalue weighted by molar-refractivity contribution is -0.384. The topological polar surface area (TPSA) is 90.2 Å². The summed E-state index contributed by atoms with van der Waals surface area (Å²) in [6.07, 6.45) is 1.44. The summed E-state index contributed by atoms with van der Waals surface area (Å²) < 4.78 is 5.24. The van der Waals surface area contributed by atoms with Crippen molar-refractivity contribution in [1.82, 2.24) is 9.97 Å². The number of rotatable bonds is 4. The number of nitro groups is 1. The van der Waals surface area contributed by atoms with Gasteiger partial charge in [-0.25, -0.2) is 9.97 Å². The number of hydrogen-bond donors (Lipinski definition) is 1. The van der Waals surface area contributed by atoms with Crippen LogP contribution in [-0.2, 0) is 0 Å². The lowest BCUT2D eigenvalue weighted by Gasteiger charge is -2.11. The van der Waals surface area contributed by atoms with Crippen LogP contribution in [0.4, 0.5) is 17.2 Å². The van der Waals surface area contributed by atoms with E-state index < -0.39 is 4.92 Å². The molecule has 118 valence electrons. The van der Waals surface area contributed by atoms with Gasteiger partial charge >= 0.3 is 0 Å². The minimum absolute atomic E-state index is 0. The summed E-state index contributed by atoms with van der Waals surface area (Å²) >= 11 is 0. The maximum Gasteiger partial charge on any atom is 0.271 e. The summed E-state index contributed by atoms with van der Waals surface area (Å²) in [5, 5.41) is 14.8. The summed E-state index contributed by atoms with van der Waals surface area (Å²) in [7, 11) is 1.50. The SMILES string of the molecule is COc1ccc([N+](=O)[O-])cc1Nc1ncnc2ccccc12.Cl. The molecule has 1 heterocycles. The van der Waals surface area contributed by atoms with Crippen LogP contribution in [0.15, 0.2) is 48.8 Å². The Labute approximate surface area is 137 Å². The van der Waals surface area contributed by atoms with Gasteiger partial charge in [0, 0.05) is 17.5 Å². The van der Waals surface area contributed by atoms with Crippen LogP contribution >= 0.6 is 12.4 Å². The molecular formula is C15H13ClN4O3. The van der Waals surface area contributed by atoms with E-state index in [0.717, 1.165) is 10.9 Å². The molecule has 0 saturated heterocycles. The molecule has 0 aliphatic heterocycles. The predicted octanol–water partition coefficient (Wildman–Crippen LogP) is 3.71. The smallest absolute Gasteiger partial charge is 0.271 e. The van der Waals surface area contributed by atoms with E-state index in [-0.39, 0.29) is 18.1 Å². The first-order valence-electron chi connectivity index (χ1n) is 6.48. The normalized spacial score (nSPS) is 9.96. The Morgan fingerprint density at radius 1 is 1.17 bits per heavy atom. The third kappa shape index (κ3) is 3.29. The van der Waals surface area contributed by atoms with E-state index in [2.05, 4.69) is 15.3 Å². The molecule has 0 amide bonds. The minimum atomic E-state index is -0.456. The van der Waals surface area contributed by atoms with Gasteiger partial charge in [0.05, 0.1) is 23.2 Å². The number of nitrogens with one attached hydrogen (secondary N) is 1. The number of ether oxygens (including phenoxy) is 1. The largest absolute Gasteiger partial charge is 0.495 e. The van der Waals surface area contributed by atoms with Crippen LogP contribution in [0.25, 0.3) is 10.9 Å². The predicted molar refractivity (Wildman–Crippen MR) is 89.7 cm³/mol. The molecule has 0 radical (unpaired) electrons. The molecule has 0 spiro atoms. The fraction of sp³-hybridized carbons (Fsp3) is 0.0667. The van der Waals surface area contributed by atoms with Crippen molar-refractivity contribution in [1.29, 1.82) is 0 Å². The van der Waals surface area contributed by atoms with Crippen LogP contribution in [0.3, 0.4) is 0 Å². The average molecular weight is 333 g/mol. The van der Waals surface area contributed by atoms with Gasteiger partial charge in [-0.2, -0.15) is 0 Å². The quantitative estimate of drug-likeness (QED) is 0.578. The number of hydrogen-bond acceptors (Lipinski definition) is 6. The summed E-state index contributed by atoms with van der Waals surface area (Å²) in [4.78, 5) is 18.9. The molecule has 3 rings (SSSR count). The van der Waals surface area contributed by atoms with E-state index in [9.17, 15) is 10.1 Å². The van der Waals surface area contributed by atoms with Gasteiger partial charge in [-0.3, -0.25) is 10.1 Å². The summed E-state index contributed by atoms with van der Waals surface area (Å²) in [6, 6.07) is 11.9. The van der Waals surface area contributed by atoms with Crippen molar-refractivity contribution in [2.45, 2.75) is 0 Å². The third-order valence-electron chi connectivity index (χ3n) is 3.19. The van der Waals surface area contributed by atoms with Crippen LogP contribution in [0.5, 0.6) is 5.75 Å². The van der Waals surface area contributed by atoms with E-state index in [4.69, 9.17) is 4.74 Å². The van der Waals surface area contributed by atoms with Crippen LogP contribution in [-0.4, -0.2) is 22.0 Å². The molecule has 2 aromatic carbocycles. The number of non-ortho nitro benzene ring substituents is 1. The molecule has 0 atom stereocenters. The molecule has 1 aromatic heterocycles. The lowest BCUT2D eigenvalue weighted by atomic mass is 10.2. The van der Waals surface area contributed by atoms with Crippen molar-refractivity contribution in [3.63, 3.8) is 0 Å². The summed E-state index contributed by atoms with van der Waals surface area (Å²) in [6.45, 7) is 0. The van der Waals surface area contributed by atoms with E-state index in [1.165, 1.54) is 25.6 Å². The zero-order valence-electron chi connectivity index (χ0n) is 12.1. The van der Waals surface area contributed by atoms with Gasteiger partial charge in [0.1, 0.15) is 17.9 Å². The molecule has 3 aromatic rings. The Hall–Kier alpha value is -2.93. The molecule has 0 bridgehead atoms. The highest BCUT2D eigenvalue weighted by Crippen LogP contribution is 2.32. The van der Waals surface area contributed by atoms with Crippen LogP contribution in [0, 0.1) is 10.1 Å². The van der Waals surface area contributed by atoms with Gasteiger partial charge in [-0.15, -0.1) is 12.4 Å². The molecule has 0 aliphatic rings. The summed E-state index contributed by atoms with van der Waals surface area (Å²) in [5.41, 5.74) is 1.23. The van der Waals surface area contributed by atoms with Gasteiger partial charge < -0.3 is 10.1 Å². The van der Waals surface area contributed by atoms with Gasteiger partial charge in [0.2, 0.25) is 0 Å². The molecule has 1 N–H and O–H groups in total. The second-order valence-electron chi connectivity index (χ2n) is 4.51. The number of nitro benzene ring substituents is 1. The molecular weight excluding hydrogens is 320 g/mol. The van der Waals surface area contributed by atoms with Gasteiger partial charge in [0.15, 0.2) is 0 Å². The molecule has 8 heteroatoms. The van der Waals surface area contributed by atoms with Gasteiger partial charge in [0.25, 0.3) is 5.69 Å². The molecule has 7 nitrogen and oxygen atoms in total. The highest BCUT2D eigenvalue weighted by atomic mass is 35.5.